The first kappa shape index (κ1) is 17.6. The fourth-order valence-corrected chi connectivity index (χ4v) is 3.01. The Bertz CT molecular complexity index is 916. The summed E-state index contributed by atoms with van der Waals surface area (Å²) >= 11 is 12.1. The zero-order valence-corrected chi connectivity index (χ0v) is 15.2. The van der Waals surface area contributed by atoms with Crippen LogP contribution in [0, 0.1) is 0 Å². The number of hydrogen-bond acceptors (Lipinski definition) is 3. The van der Waals surface area contributed by atoms with Gasteiger partial charge in [-0.05, 0) is 54.4 Å². The van der Waals surface area contributed by atoms with E-state index >= 15 is 0 Å². The van der Waals surface area contributed by atoms with Crippen LogP contribution in [0.2, 0.25) is 10.0 Å². The van der Waals surface area contributed by atoms with Gasteiger partial charge in [-0.2, -0.15) is 0 Å². The fraction of sp³-hybridized carbons (Fsp3) is 0.150. The number of nitrogens with zero attached hydrogens (tertiary/aromatic N) is 1. The highest BCUT2D eigenvalue weighted by Gasteiger charge is 2.09. The SMILES string of the molecule is CCCc1ccc(O)c(N=Cc2ccc(-c3ccc(Cl)cc3Cl)o2)c1. The molecule has 1 heterocycles. The number of phenolic OH excluding ortho intramolecular Hbond substituents is 1. The molecule has 0 spiro atoms. The molecule has 0 aliphatic carbocycles. The van der Waals surface area contributed by atoms with Crippen molar-refractivity contribution in [2.45, 2.75) is 19.8 Å². The molecule has 0 saturated carbocycles. The second-order valence-electron chi connectivity index (χ2n) is 5.66. The number of phenols is 1. The number of aryl methyl sites for hydroxylation is 1. The summed E-state index contributed by atoms with van der Waals surface area (Å²) in [5.41, 5.74) is 2.42. The minimum absolute atomic E-state index is 0.142. The van der Waals surface area contributed by atoms with E-state index in [9.17, 15) is 5.11 Å². The van der Waals surface area contributed by atoms with Crippen LogP contribution in [0.3, 0.4) is 0 Å². The number of aromatic hydroxyl groups is 1. The van der Waals surface area contributed by atoms with Gasteiger partial charge >= 0.3 is 0 Å². The lowest BCUT2D eigenvalue weighted by atomic mass is 10.1. The van der Waals surface area contributed by atoms with Crippen molar-refractivity contribution >= 4 is 35.1 Å². The van der Waals surface area contributed by atoms with Crippen LogP contribution in [0.5, 0.6) is 5.75 Å². The first-order valence-electron chi connectivity index (χ1n) is 7.98. The zero-order chi connectivity index (χ0) is 17.8. The Morgan fingerprint density at radius 2 is 1.92 bits per heavy atom. The molecule has 3 rings (SSSR count). The molecular weight excluding hydrogens is 357 g/mol. The van der Waals surface area contributed by atoms with E-state index in [-0.39, 0.29) is 5.75 Å². The van der Waals surface area contributed by atoms with E-state index in [0.717, 1.165) is 24.0 Å². The fourth-order valence-electron chi connectivity index (χ4n) is 2.51. The van der Waals surface area contributed by atoms with Gasteiger partial charge < -0.3 is 9.52 Å². The minimum atomic E-state index is 0.142. The Kier molecular flexibility index (Phi) is 5.47. The highest BCUT2D eigenvalue weighted by molar-refractivity contribution is 6.36. The first-order valence-corrected chi connectivity index (χ1v) is 8.73. The van der Waals surface area contributed by atoms with Gasteiger partial charge in [0, 0.05) is 10.6 Å². The quantitative estimate of drug-likeness (QED) is 0.508. The average Bonchev–Trinajstić information content (AvgIpc) is 3.04. The molecule has 0 aliphatic heterocycles. The van der Waals surface area contributed by atoms with Crippen molar-refractivity contribution in [3.63, 3.8) is 0 Å². The van der Waals surface area contributed by atoms with Gasteiger partial charge in [0.25, 0.3) is 0 Å². The van der Waals surface area contributed by atoms with E-state index in [1.807, 2.05) is 24.3 Å². The van der Waals surface area contributed by atoms with E-state index in [4.69, 9.17) is 27.6 Å². The molecule has 1 N–H and O–H groups in total. The molecule has 3 nitrogen and oxygen atoms in total. The molecule has 0 fully saturated rings. The molecule has 0 saturated heterocycles. The molecule has 0 aliphatic rings. The van der Waals surface area contributed by atoms with Crippen LogP contribution in [0.15, 0.2) is 57.9 Å². The van der Waals surface area contributed by atoms with Crippen LogP contribution in [0.25, 0.3) is 11.3 Å². The second-order valence-corrected chi connectivity index (χ2v) is 6.50. The van der Waals surface area contributed by atoms with E-state index < -0.39 is 0 Å². The maximum atomic E-state index is 9.95. The summed E-state index contributed by atoms with van der Waals surface area (Å²) in [6, 6.07) is 14.3. The van der Waals surface area contributed by atoms with Crippen LogP contribution in [-0.4, -0.2) is 11.3 Å². The number of furan rings is 1. The van der Waals surface area contributed by atoms with Gasteiger partial charge in [0.05, 0.1) is 11.2 Å². The predicted octanol–water partition coefficient (Wildman–Crippen LogP) is 6.66. The van der Waals surface area contributed by atoms with Gasteiger partial charge in [-0.3, -0.25) is 0 Å². The Balaban J connectivity index is 1.84. The predicted molar refractivity (Wildman–Crippen MR) is 104 cm³/mol. The summed E-state index contributed by atoms with van der Waals surface area (Å²) < 4.78 is 5.77. The van der Waals surface area contributed by atoms with Gasteiger partial charge in [-0.25, -0.2) is 4.99 Å². The summed E-state index contributed by atoms with van der Waals surface area (Å²) in [5, 5.41) is 11.0. The van der Waals surface area contributed by atoms with Gasteiger partial charge in [0.1, 0.15) is 23.0 Å². The lowest BCUT2D eigenvalue weighted by molar-refractivity contribution is 0.476. The Morgan fingerprint density at radius 1 is 1.08 bits per heavy atom. The van der Waals surface area contributed by atoms with Crippen LogP contribution < -0.4 is 0 Å². The Morgan fingerprint density at radius 3 is 2.68 bits per heavy atom. The third-order valence-electron chi connectivity index (χ3n) is 3.73. The van der Waals surface area contributed by atoms with Crippen molar-refractivity contribution < 1.29 is 9.52 Å². The third kappa shape index (κ3) is 4.25. The van der Waals surface area contributed by atoms with Crippen molar-refractivity contribution in [3.8, 4) is 17.1 Å². The molecule has 128 valence electrons. The molecule has 0 atom stereocenters. The molecule has 5 heteroatoms. The summed E-state index contributed by atoms with van der Waals surface area (Å²) in [5.74, 6) is 1.34. The number of rotatable bonds is 5. The average molecular weight is 374 g/mol. The van der Waals surface area contributed by atoms with Crippen molar-refractivity contribution in [2.75, 3.05) is 0 Å². The van der Waals surface area contributed by atoms with E-state index in [1.54, 1.807) is 30.5 Å². The maximum Gasteiger partial charge on any atom is 0.145 e. The molecule has 2 aromatic carbocycles. The minimum Gasteiger partial charge on any atom is -0.506 e. The van der Waals surface area contributed by atoms with Gasteiger partial charge in [-0.15, -0.1) is 0 Å². The molecule has 25 heavy (non-hydrogen) atoms. The highest BCUT2D eigenvalue weighted by atomic mass is 35.5. The number of hydrogen-bond donors (Lipinski definition) is 1. The molecule has 1 aromatic heterocycles. The first-order chi connectivity index (χ1) is 12.1. The highest BCUT2D eigenvalue weighted by Crippen LogP contribution is 2.32. The molecule has 0 unspecified atom stereocenters. The monoisotopic (exact) mass is 373 g/mol. The summed E-state index contributed by atoms with van der Waals surface area (Å²) in [7, 11) is 0. The third-order valence-corrected chi connectivity index (χ3v) is 4.28. The lowest BCUT2D eigenvalue weighted by Crippen LogP contribution is -1.83. The zero-order valence-electron chi connectivity index (χ0n) is 13.7. The number of aliphatic imine (C=N–C) groups is 1. The van der Waals surface area contributed by atoms with Crippen molar-refractivity contribution in [3.05, 3.63) is 69.9 Å². The van der Waals surface area contributed by atoms with E-state index in [2.05, 4.69) is 11.9 Å². The topological polar surface area (TPSA) is 45.7 Å². The van der Waals surface area contributed by atoms with Crippen molar-refractivity contribution in [2.24, 2.45) is 4.99 Å². The summed E-state index contributed by atoms with van der Waals surface area (Å²) in [4.78, 5) is 4.34. The maximum absolute atomic E-state index is 9.95. The molecule has 0 radical (unpaired) electrons. The van der Waals surface area contributed by atoms with Crippen LogP contribution in [0.4, 0.5) is 5.69 Å². The molecule has 0 amide bonds. The molecule has 0 bridgehead atoms. The normalized spacial score (nSPS) is 11.3. The smallest absolute Gasteiger partial charge is 0.145 e. The van der Waals surface area contributed by atoms with E-state index in [0.29, 0.717) is 27.3 Å². The lowest BCUT2D eigenvalue weighted by Gasteiger charge is -2.03. The Labute approximate surface area is 156 Å². The summed E-state index contributed by atoms with van der Waals surface area (Å²) in [6.45, 7) is 2.11. The van der Waals surface area contributed by atoms with Crippen LogP contribution in [-0.2, 0) is 6.42 Å². The van der Waals surface area contributed by atoms with Gasteiger partial charge in [-0.1, -0.05) is 42.6 Å². The van der Waals surface area contributed by atoms with Crippen molar-refractivity contribution in [1.29, 1.82) is 0 Å². The van der Waals surface area contributed by atoms with Crippen LogP contribution in [0.1, 0.15) is 24.7 Å². The standard InChI is InChI=1S/C20H17Cl2NO2/c1-2-3-13-4-8-19(24)18(10-13)23-12-15-6-9-20(25-15)16-7-5-14(21)11-17(16)22/h4-12,24H,2-3H2,1H3. The summed E-state index contributed by atoms with van der Waals surface area (Å²) in [6.07, 6.45) is 3.57. The van der Waals surface area contributed by atoms with E-state index in [1.165, 1.54) is 0 Å². The number of halogens is 2. The van der Waals surface area contributed by atoms with Crippen molar-refractivity contribution in [1.82, 2.24) is 0 Å². The number of benzene rings is 2. The Hall–Kier alpha value is -2.23. The molecule has 3 aromatic rings. The van der Waals surface area contributed by atoms with Crippen LogP contribution >= 0.6 is 23.2 Å². The second kappa shape index (κ2) is 7.77. The van der Waals surface area contributed by atoms with Gasteiger partial charge in [0.15, 0.2) is 0 Å². The molecular formula is C20H17Cl2NO2. The van der Waals surface area contributed by atoms with Gasteiger partial charge in [0.2, 0.25) is 0 Å². The largest absolute Gasteiger partial charge is 0.506 e.